The Bertz CT molecular complexity index is 1570. The highest BCUT2D eigenvalue weighted by Crippen LogP contribution is 2.53. The van der Waals surface area contributed by atoms with Gasteiger partial charge in [-0.05, 0) is 61.6 Å². The summed E-state index contributed by atoms with van der Waals surface area (Å²) in [6, 6.07) is 25.0. The van der Waals surface area contributed by atoms with E-state index in [1.165, 1.54) is 4.90 Å². The highest BCUT2D eigenvalue weighted by atomic mass is 32.2. The Balaban J connectivity index is 1.46. The van der Waals surface area contributed by atoms with E-state index < -0.39 is 27.9 Å². The number of carbonyl (C=O) groups is 2. The number of para-hydroxylation sites is 1. The fourth-order valence-electron chi connectivity index (χ4n) is 6.53. The first-order chi connectivity index (χ1) is 19.3. The SMILES string of the molecule is CCOC1=C2CN(S(=O)(=O)c3ccc(C)cc3)[C@@H](c3ccccc3)C[C@H]2[C@H]2C(=O)N(c3ccccc3)C(=O)[C@H]2C1. The van der Waals surface area contributed by atoms with E-state index in [1.54, 1.807) is 40.7 Å². The molecule has 0 unspecified atom stereocenters. The standard InChI is InChI=1S/C32H32N2O5S/c1-3-39-29-19-26-30(32(36)34(31(26)35)23-12-8-5-9-13-23)25-18-28(22-10-6-4-7-11-22)33(20-27(25)29)40(37,38)24-16-14-21(2)15-17-24/h4-17,25-26,28,30H,3,18-20H2,1-2H3/t25-,26+,28-,30-/m1/s1. The third-order valence-corrected chi connectivity index (χ3v) is 10.3. The summed E-state index contributed by atoms with van der Waals surface area (Å²) in [5, 5.41) is 0. The van der Waals surface area contributed by atoms with Gasteiger partial charge in [0.05, 0.1) is 40.8 Å². The molecule has 0 saturated carbocycles. The molecule has 40 heavy (non-hydrogen) atoms. The number of anilines is 1. The summed E-state index contributed by atoms with van der Waals surface area (Å²) < 4.78 is 35.9. The molecular weight excluding hydrogens is 524 g/mol. The molecule has 3 aliphatic rings. The van der Waals surface area contributed by atoms with E-state index in [-0.39, 0.29) is 35.6 Å². The van der Waals surface area contributed by atoms with Gasteiger partial charge in [0.1, 0.15) is 0 Å². The van der Waals surface area contributed by atoms with Crippen LogP contribution < -0.4 is 4.90 Å². The fraction of sp³-hybridized carbons (Fsp3) is 0.312. The molecule has 0 bridgehead atoms. The summed E-state index contributed by atoms with van der Waals surface area (Å²) >= 11 is 0. The smallest absolute Gasteiger partial charge is 0.243 e. The zero-order chi connectivity index (χ0) is 28.0. The number of aryl methyl sites for hydroxylation is 1. The molecule has 0 aromatic heterocycles. The van der Waals surface area contributed by atoms with Gasteiger partial charge in [-0.15, -0.1) is 0 Å². The van der Waals surface area contributed by atoms with Crippen molar-refractivity contribution in [2.24, 2.45) is 17.8 Å². The maximum absolute atomic E-state index is 14.1. The van der Waals surface area contributed by atoms with Crippen LogP contribution in [0.2, 0.25) is 0 Å². The topological polar surface area (TPSA) is 84.0 Å². The van der Waals surface area contributed by atoms with Crippen LogP contribution in [0.15, 0.2) is 101 Å². The largest absolute Gasteiger partial charge is 0.498 e. The highest BCUT2D eigenvalue weighted by molar-refractivity contribution is 7.89. The van der Waals surface area contributed by atoms with Gasteiger partial charge in [-0.3, -0.25) is 14.5 Å². The van der Waals surface area contributed by atoms with Crippen LogP contribution in [0, 0.1) is 24.7 Å². The third kappa shape index (κ3) is 4.35. The quantitative estimate of drug-likeness (QED) is 0.388. The van der Waals surface area contributed by atoms with Crippen molar-refractivity contribution in [2.45, 2.75) is 37.6 Å². The molecule has 8 heteroatoms. The van der Waals surface area contributed by atoms with E-state index in [0.29, 0.717) is 24.5 Å². The molecular formula is C32H32N2O5S. The van der Waals surface area contributed by atoms with E-state index in [4.69, 9.17) is 4.74 Å². The van der Waals surface area contributed by atoms with Crippen LogP contribution in [-0.2, 0) is 24.3 Å². The van der Waals surface area contributed by atoms with Crippen LogP contribution in [0.25, 0.3) is 0 Å². The van der Waals surface area contributed by atoms with E-state index in [1.807, 2.05) is 62.4 Å². The Labute approximate surface area is 235 Å². The molecule has 4 atom stereocenters. The third-order valence-electron chi connectivity index (χ3n) is 8.42. The first-order valence-electron chi connectivity index (χ1n) is 13.7. The number of benzene rings is 3. The molecule has 7 nitrogen and oxygen atoms in total. The first kappa shape index (κ1) is 26.5. The second-order valence-electron chi connectivity index (χ2n) is 10.7. The summed E-state index contributed by atoms with van der Waals surface area (Å²) in [4.78, 5) is 29.2. The minimum Gasteiger partial charge on any atom is -0.498 e. The predicted octanol–water partition coefficient (Wildman–Crippen LogP) is 5.25. The van der Waals surface area contributed by atoms with Gasteiger partial charge in [-0.25, -0.2) is 8.42 Å². The monoisotopic (exact) mass is 556 g/mol. The summed E-state index contributed by atoms with van der Waals surface area (Å²) in [6.07, 6.45) is 0.663. The average Bonchev–Trinajstić information content (AvgIpc) is 3.22. The Hall–Kier alpha value is -3.75. The molecule has 0 N–H and O–H groups in total. The zero-order valence-corrected chi connectivity index (χ0v) is 23.4. The number of carbonyl (C=O) groups excluding carboxylic acids is 2. The number of ether oxygens (including phenoxy) is 1. The van der Waals surface area contributed by atoms with Gasteiger partial charge in [-0.2, -0.15) is 4.31 Å². The second-order valence-corrected chi connectivity index (χ2v) is 12.6. The molecule has 6 rings (SSSR count). The van der Waals surface area contributed by atoms with E-state index in [2.05, 4.69) is 0 Å². The minimum atomic E-state index is -3.88. The molecule has 206 valence electrons. The number of fused-ring (bicyclic) bond motifs is 3. The number of allylic oxidation sites excluding steroid dienone is 1. The summed E-state index contributed by atoms with van der Waals surface area (Å²) in [5.41, 5.74) is 3.20. The molecule has 2 heterocycles. The Kier molecular flexibility index (Phi) is 6.84. The number of sulfonamides is 1. The lowest BCUT2D eigenvalue weighted by molar-refractivity contribution is -0.123. The van der Waals surface area contributed by atoms with E-state index in [0.717, 1.165) is 16.7 Å². The van der Waals surface area contributed by atoms with Crippen molar-refractivity contribution in [1.29, 1.82) is 0 Å². The molecule has 0 radical (unpaired) electrons. The number of rotatable bonds is 6. The normalized spacial score (nSPS) is 25.1. The van der Waals surface area contributed by atoms with Crippen LogP contribution in [0.4, 0.5) is 5.69 Å². The van der Waals surface area contributed by atoms with Crippen molar-refractivity contribution in [3.05, 3.63) is 107 Å². The van der Waals surface area contributed by atoms with Gasteiger partial charge in [0, 0.05) is 13.0 Å². The Morgan fingerprint density at radius 3 is 2.15 bits per heavy atom. The van der Waals surface area contributed by atoms with E-state index >= 15 is 0 Å². The maximum atomic E-state index is 14.1. The van der Waals surface area contributed by atoms with Crippen molar-refractivity contribution in [2.75, 3.05) is 18.1 Å². The lowest BCUT2D eigenvalue weighted by Gasteiger charge is -2.45. The van der Waals surface area contributed by atoms with Crippen molar-refractivity contribution in [1.82, 2.24) is 4.31 Å². The van der Waals surface area contributed by atoms with Crippen molar-refractivity contribution in [3.8, 4) is 0 Å². The van der Waals surface area contributed by atoms with Gasteiger partial charge in [0.2, 0.25) is 21.8 Å². The van der Waals surface area contributed by atoms with Gasteiger partial charge in [0.25, 0.3) is 0 Å². The van der Waals surface area contributed by atoms with Crippen molar-refractivity contribution in [3.63, 3.8) is 0 Å². The lowest BCUT2D eigenvalue weighted by atomic mass is 9.67. The number of nitrogens with zero attached hydrogens (tertiary/aromatic N) is 2. The highest BCUT2D eigenvalue weighted by Gasteiger charge is 2.58. The molecule has 3 aromatic carbocycles. The van der Waals surface area contributed by atoms with Crippen LogP contribution in [0.3, 0.4) is 0 Å². The minimum absolute atomic E-state index is 0.103. The van der Waals surface area contributed by atoms with Gasteiger partial charge >= 0.3 is 0 Å². The van der Waals surface area contributed by atoms with E-state index in [9.17, 15) is 18.0 Å². The zero-order valence-electron chi connectivity index (χ0n) is 22.6. The maximum Gasteiger partial charge on any atom is 0.243 e. The molecule has 2 fully saturated rings. The molecule has 3 aromatic rings. The number of hydrogen-bond acceptors (Lipinski definition) is 5. The summed E-state index contributed by atoms with van der Waals surface area (Å²) in [7, 11) is -3.88. The molecule has 0 spiro atoms. The number of piperidine rings is 1. The molecule has 2 amide bonds. The fourth-order valence-corrected chi connectivity index (χ4v) is 8.14. The molecule has 1 aliphatic carbocycles. The Morgan fingerprint density at radius 1 is 0.850 bits per heavy atom. The number of imide groups is 1. The second kappa shape index (κ2) is 10.3. The van der Waals surface area contributed by atoms with Gasteiger partial charge < -0.3 is 4.74 Å². The van der Waals surface area contributed by atoms with Crippen LogP contribution >= 0.6 is 0 Å². The molecule has 2 aliphatic heterocycles. The number of hydrogen-bond donors (Lipinski definition) is 0. The van der Waals surface area contributed by atoms with Crippen LogP contribution in [-0.4, -0.2) is 37.7 Å². The first-order valence-corrected chi connectivity index (χ1v) is 15.2. The van der Waals surface area contributed by atoms with Gasteiger partial charge in [0.15, 0.2) is 0 Å². The Morgan fingerprint density at radius 2 is 1.50 bits per heavy atom. The number of amides is 2. The van der Waals surface area contributed by atoms with Crippen LogP contribution in [0.1, 0.15) is 36.9 Å². The summed E-state index contributed by atoms with van der Waals surface area (Å²) in [6.45, 7) is 4.29. The lowest BCUT2D eigenvalue weighted by Crippen LogP contribution is -2.47. The van der Waals surface area contributed by atoms with Crippen LogP contribution in [0.5, 0.6) is 0 Å². The predicted molar refractivity (Wildman–Crippen MR) is 152 cm³/mol. The molecule has 2 saturated heterocycles. The van der Waals surface area contributed by atoms with Crippen molar-refractivity contribution >= 4 is 27.5 Å². The summed E-state index contributed by atoms with van der Waals surface area (Å²) in [5.74, 6) is -1.23. The average molecular weight is 557 g/mol. The van der Waals surface area contributed by atoms with Crippen molar-refractivity contribution < 1.29 is 22.7 Å². The van der Waals surface area contributed by atoms with Gasteiger partial charge in [-0.1, -0.05) is 66.2 Å².